The van der Waals surface area contributed by atoms with Crippen molar-refractivity contribution in [3.05, 3.63) is 12.2 Å². The third-order valence-corrected chi connectivity index (χ3v) is 8.75. The second-order valence-electron chi connectivity index (χ2n) is 9.81. The Labute approximate surface area is 148 Å². The molecule has 0 heterocycles. The van der Waals surface area contributed by atoms with Crippen molar-refractivity contribution in [1.29, 1.82) is 0 Å². The Kier molecular flexibility index (Phi) is 3.49. The van der Waals surface area contributed by atoms with Crippen molar-refractivity contribution in [3.63, 3.8) is 0 Å². The summed E-state index contributed by atoms with van der Waals surface area (Å²) < 4.78 is 0. The molecule has 140 valence electrons. The van der Waals surface area contributed by atoms with Gasteiger partial charge in [0, 0.05) is 6.42 Å². The van der Waals surface area contributed by atoms with E-state index in [9.17, 15) is 25.2 Å². The zero-order valence-corrected chi connectivity index (χ0v) is 15.3. The van der Waals surface area contributed by atoms with Crippen LogP contribution in [0.2, 0.25) is 0 Å². The molecule has 4 fully saturated rings. The fraction of sp³-hybridized carbons (Fsp3) is 0.850. The maximum absolute atomic E-state index is 12.8. The molecule has 4 N–H and O–H groups in total. The first-order valence-electron chi connectivity index (χ1n) is 9.44. The number of Topliss-reactive ketones (excluding diaryl/α,β-unsaturated/α-hetero) is 1. The lowest BCUT2D eigenvalue weighted by molar-refractivity contribution is -0.259. The summed E-state index contributed by atoms with van der Waals surface area (Å²) in [6.45, 7) is 10.1. The van der Waals surface area contributed by atoms with Gasteiger partial charge in [0.2, 0.25) is 0 Å². The summed E-state index contributed by atoms with van der Waals surface area (Å²) in [5, 5.41) is 43.7. The minimum Gasteiger partial charge on any atom is -0.393 e. The molecule has 2 bridgehead atoms. The molecule has 0 amide bonds. The first kappa shape index (κ1) is 17.7. The van der Waals surface area contributed by atoms with Crippen molar-refractivity contribution in [2.75, 3.05) is 0 Å². The van der Waals surface area contributed by atoms with Gasteiger partial charge in [-0.3, -0.25) is 4.79 Å². The summed E-state index contributed by atoms with van der Waals surface area (Å²) >= 11 is 0. The predicted molar refractivity (Wildman–Crippen MR) is 91.4 cm³/mol. The Bertz CT molecular complexity index is 642. The van der Waals surface area contributed by atoms with Gasteiger partial charge in [-0.05, 0) is 47.5 Å². The number of rotatable bonds is 0. The van der Waals surface area contributed by atoms with Gasteiger partial charge < -0.3 is 20.4 Å². The van der Waals surface area contributed by atoms with Crippen LogP contribution >= 0.6 is 0 Å². The molecule has 25 heavy (non-hydrogen) atoms. The van der Waals surface area contributed by atoms with Crippen molar-refractivity contribution < 1.29 is 25.2 Å². The van der Waals surface area contributed by atoms with E-state index in [4.69, 9.17) is 0 Å². The van der Waals surface area contributed by atoms with Crippen molar-refractivity contribution in [2.45, 2.75) is 70.9 Å². The Hall–Kier alpha value is -0.750. The first-order chi connectivity index (χ1) is 11.5. The molecule has 5 heteroatoms. The van der Waals surface area contributed by atoms with Gasteiger partial charge in [0.1, 0.15) is 5.78 Å². The summed E-state index contributed by atoms with van der Waals surface area (Å²) in [5.74, 6) is -1.13. The standard InChI is InChI=1S/C20H30O5/c1-9-15-10(21)7-12-19(4)6-5-13(22)18(2,3)11(19)8-14(23)20(12,16(9)24)17(15)25/h11-17,22-25H,1,5-8H2,2-4H3. The van der Waals surface area contributed by atoms with Crippen molar-refractivity contribution >= 4 is 5.78 Å². The molecule has 0 aromatic rings. The molecule has 4 aliphatic rings. The molecule has 0 aliphatic heterocycles. The molecular formula is C20H30O5. The molecule has 0 aromatic carbocycles. The van der Waals surface area contributed by atoms with Gasteiger partial charge in [0.15, 0.2) is 0 Å². The normalized spacial score (nSPS) is 57.2. The van der Waals surface area contributed by atoms with Crippen LogP contribution in [0.15, 0.2) is 12.2 Å². The quantitative estimate of drug-likeness (QED) is 0.489. The van der Waals surface area contributed by atoms with Crippen LogP contribution in [-0.2, 0) is 4.79 Å². The van der Waals surface area contributed by atoms with Gasteiger partial charge in [0.05, 0.1) is 35.7 Å². The van der Waals surface area contributed by atoms with Crippen LogP contribution in [0.4, 0.5) is 0 Å². The monoisotopic (exact) mass is 350 g/mol. The molecular weight excluding hydrogens is 320 g/mol. The molecule has 0 radical (unpaired) electrons. The van der Waals surface area contributed by atoms with E-state index in [1.165, 1.54) is 0 Å². The molecule has 9 unspecified atom stereocenters. The molecule has 9 atom stereocenters. The van der Waals surface area contributed by atoms with Crippen LogP contribution in [0, 0.1) is 34.0 Å². The largest absolute Gasteiger partial charge is 0.393 e. The highest BCUT2D eigenvalue weighted by Crippen LogP contribution is 2.71. The van der Waals surface area contributed by atoms with E-state index < -0.39 is 35.7 Å². The number of carbonyl (C=O) groups is 1. The molecule has 4 saturated carbocycles. The van der Waals surface area contributed by atoms with E-state index in [-0.39, 0.29) is 34.9 Å². The number of fused-ring (bicyclic) bond motifs is 3. The van der Waals surface area contributed by atoms with E-state index in [2.05, 4.69) is 13.5 Å². The maximum atomic E-state index is 12.8. The first-order valence-corrected chi connectivity index (χ1v) is 9.44. The van der Waals surface area contributed by atoms with Gasteiger partial charge >= 0.3 is 0 Å². The predicted octanol–water partition coefficient (Wildman–Crippen LogP) is 1.04. The van der Waals surface area contributed by atoms with Crippen molar-refractivity contribution in [2.24, 2.45) is 34.0 Å². The van der Waals surface area contributed by atoms with Crippen LogP contribution in [0.1, 0.15) is 46.5 Å². The Balaban J connectivity index is 1.89. The van der Waals surface area contributed by atoms with E-state index in [0.29, 0.717) is 18.4 Å². The smallest absolute Gasteiger partial charge is 0.143 e. The van der Waals surface area contributed by atoms with Crippen molar-refractivity contribution in [3.8, 4) is 0 Å². The van der Waals surface area contributed by atoms with Gasteiger partial charge in [-0.15, -0.1) is 0 Å². The topological polar surface area (TPSA) is 98.0 Å². The van der Waals surface area contributed by atoms with E-state index in [1.807, 2.05) is 13.8 Å². The molecule has 0 saturated heterocycles. The molecule has 4 rings (SSSR count). The third kappa shape index (κ3) is 1.76. The van der Waals surface area contributed by atoms with E-state index in [0.717, 1.165) is 6.42 Å². The summed E-state index contributed by atoms with van der Waals surface area (Å²) in [7, 11) is 0. The van der Waals surface area contributed by atoms with E-state index >= 15 is 0 Å². The Morgan fingerprint density at radius 1 is 1.04 bits per heavy atom. The highest BCUT2D eigenvalue weighted by Gasteiger charge is 2.75. The summed E-state index contributed by atoms with van der Waals surface area (Å²) in [6.07, 6.45) is -1.48. The summed E-state index contributed by atoms with van der Waals surface area (Å²) in [5.41, 5.74) is -1.47. The second kappa shape index (κ2) is 4.94. The fourth-order valence-electron chi connectivity index (χ4n) is 7.34. The van der Waals surface area contributed by atoms with Crippen LogP contribution in [0.25, 0.3) is 0 Å². The van der Waals surface area contributed by atoms with Crippen LogP contribution in [0.5, 0.6) is 0 Å². The maximum Gasteiger partial charge on any atom is 0.143 e. The van der Waals surface area contributed by atoms with Crippen molar-refractivity contribution in [1.82, 2.24) is 0 Å². The Morgan fingerprint density at radius 3 is 2.32 bits per heavy atom. The van der Waals surface area contributed by atoms with Crippen LogP contribution < -0.4 is 0 Å². The molecule has 4 aliphatic carbocycles. The third-order valence-electron chi connectivity index (χ3n) is 8.75. The fourth-order valence-corrected chi connectivity index (χ4v) is 7.34. The highest BCUT2D eigenvalue weighted by atomic mass is 16.3. The van der Waals surface area contributed by atoms with Crippen LogP contribution in [0.3, 0.4) is 0 Å². The molecule has 1 spiro atoms. The number of hydrogen-bond acceptors (Lipinski definition) is 5. The lowest BCUT2D eigenvalue weighted by Crippen LogP contribution is -2.69. The van der Waals surface area contributed by atoms with Gasteiger partial charge in [-0.2, -0.15) is 0 Å². The van der Waals surface area contributed by atoms with Gasteiger partial charge in [0.25, 0.3) is 0 Å². The summed E-state index contributed by atoms with van der Waals surface area (Å²) in [6, 6.07) is 0. The zero-order valence-electron chi connectivity index (χ0n) is 15.3. The van der Waals surface area contributed by atoms with Crippen LogP contribution in [-0.4, -0.2) is 50.6 Å². The number of aliphatic hydroxyl groups excluding tert-OH is 4. The number of hydrogen-bond donors (Lipinski definition) is 4. The number of carbonyl (C=O) groups excluding carboxylic acids is 1. The highest BCUT2D eigenvalue weighted by molar-refractivity contribution is 5.87. The summed E-state index contributed by atoms with van der Waals surface area (Å²) in [4.78, 5) is 12.8. The minimum atomic E-state index is -1.11. The molecule has 0 aromatic heterocycles. The lowest BCUT2D eigenvalue weighted by atomic mass is 9.39. The second-order valence-corrected chi connectivity index (χ2v) is 9.81. The average Bonchev–Trinajstić information content (AvgIpc) is 2.66. The number of ketones is 1. The average molecular weight is 350 g/mol. The molecule has 5 nitrogen and oxygen atoms in total. The zero-order chi connectivity index (χ0) is 18.5. The minimum absolute atomic E-state index is 0.0204. The van der Waals surface area contributed by atoms with Gasteiger partial charge in [-0.25, -0.2) is 0 Å². The number of aliphatic hydroxyl groups is 4. The van der Waals surface area contributed by atoms with E-state index in [1.54, 1.807) is 0 Å². The lowest BCUT2D eigenvalue weighted by Gasteiger charge is -2.66. The SMILES string of the molecule is C=C1C2C(=O)CC3C4(C)CCC(O)C(C)(C)C4CC(O)C3(C1O)C2O. The van der Waals surface area contributed by atoms with Gasteiger partial charge in [-0.1, -0.05) is 27.4 Å². The Morgan fingerprint density at radius 2 is 1.68 bits per heavy atom.